The van der Waals surface area contributed by atoms with E-state index < -0.39 is 0 Å². The summed E-state index contributed by atoms with van der Waals surface area (Å²) in [5, 5.41) is 17.4. The molecule has 1 fully saturated rings. The van der Waals surface area contributed by atoms with E-state index in [0.29, 0.717) is 17.7 Å². The number of hydrogen-bond donors (Lipinski definition) is 1. The SMILES string of the molecule is Cc1nnc(C(C)N2CCC(C(C)O)C2)o1. The van der Waals surface area contributed by atoms with Crippen molar-refractivity contribution in [3.05, 3.63) is 11.8 Å². The van der Waals surface area contributed by atoms with E-state index in [4.69, 9.17) is 4.42 Å². The number of likely N-dealkylation sites (tertiary alicyclic amines) is 1. The molecular formula is C11H19N3O2. The molecule has 1 N–H and O–H groups in total. The summed E-state index contributed by atoms with van der Waals surface area (Å²) in [4.78, 5) is 2.28. The number of aliphatic hydroxyl groups excluding tert-OH is 1. The molecule has 0 radical (unpaired) electrons. The van der Waals surface area contributed by atoms with Gasteiger partial charge in [-0.2, -0.15) is 0 Å². The molecule has 2 heterocycles. The van der Waals surface area contributed by atoms with Crippen molar-refractivity contribution in [3.63, 3.8) is 0 Å². The highest BCUT2D eigenvalue weighted by Crippen LogP contribution is 2.28. The van der Waals surface area contributed by atoms with Gasteiger partial charge in [0.15, 0.2) is 0 Å². The topological polar surface area (TPSA) is 62.4 Å². The molecule has 1 aromatic rings. The van der Waals surface area contributed by atoms with Crippen LogP contribution in [0.25, 0.3) is 0 Å². The maximum Gasteiger partial charge on any atom is 0.233 e. The van der Waals surface area contributed by atoms with Gasteiger partial charge >= 0.3 is 0 Å². The minimum absolute atomic E-state index is 0.143. The minimum atomic E-state index is -0.235. The summed E-state index contributed by atoms with van der Waals surface area (Å²) in [6.45, 7) is 7.61. The van der Waals surface area contributed by atoms with E-state index in [1.165, 1.54) is 0 Å². The van der Waals surface area contributed by atoms with Gasteiger partial charge in [0.25, 0.3) is 0 Å². The van der Waals surface area contributed by atoms with E-state index in [2.05, 4.69) is 22.0 Å². The van der Waals surface area contributed by atoms with E-state index in [0.717, 1.165) is 19.5 Å². The van der Waals surface area contributed by atoms with Gasteiger partial charge in [-0.05, 0) is 32.7 Å². The van der Waals surface area contributed by atoms with Crippen LogP contribution in [0.2, 0.25) is 0 Å². The summed E-state index contributed by atoms with van der Waals surface area (Å²) in [7, 11) is 0. The fourth-order valence-corrected chi connectivity index (χ4v) is 2.20. The molecule has 1 aliphatic rings. The summed E-state index contributed by atoms with van der Waals surface area (Å²) < 4.78 is 5.43. The maximum atomic E-state index is 9.55. The summed E-state index contributed by atoms with van der Waals surface area (Å²) in [5.74, 6) is 1.64. The van der Waals surface area contributed by atoms with Crippen molar-refractivity contribution in [1.82, 2.24) is 15.1 Å². The summed E-state index contributed by atoms with van der Waals surface area (Å²) in [6, 6.07) is 0.143. The van der Waals surface area contributed by atoms with E-state index >= 15 is 0 Å². The van der Waals surface area contributed by atoms with Crippen LogP contribution in [0.3, 0.4) is 0 Å². The Morgan fingerprint density at radius 1 is 1.44 bits per heavy atom. The van der Waals surface area contributed by atoms with Crippen molar-refractivity contribution in [3.8, 4) is 0 Å². The molecule has 3 unspecified atom stereocenters. The van der Waals surface area contributed by atoms with Crippen molar-refractivity contribution in [2.75, 3.05) is 13.1 Å². The predicted molar refractivity (Wildman–Crippen MR) is 58.8 cm³/mol. The minimum Gasteiger partial charge on any atom is -0.424 e. The molecule has 1 aromatic heterocycles. The Hall–Kier alpha value is -0.940. The van der Waals surface area contributed by atoms with E-state index in [-0.39, 0.29) is 12.1 Å². The zero-order valence-electron chi connectivity index (χ0n) is 10.1. The Morgan fingerprint density at radius 2 is 2.19 bits per heavy atom. The predicted octanol–water partition coefficient (Wildman–Crippen LogP) is 1.14. The molecule has 3 atom stereocenters. The zero-order chi connectivity index (χ0) is 11.7. The van der Waals surface area contributed by atoms with Gasteiger partial charge in [-0.15, -0.1) is 10.2 Å². The summed E-state index contributed by atoms with van der Waals surface area (Å²) in [6.07, 6.45) is 0.802. The average molecular weight is 225 g/mol. The lowest BCUT2D eigenvalue weighted by Gasteiger charge is -2.21. The fourth-order valence-electron chi connectivity index (χ4n) is 2.20. The molecule has 0 saturated carbocycles. The zero-order valence-corrected chi connectivity index (χ0v) is 10.1. The molecule has 0 amide bonds. The second-order valence-electron chi connectivity index (χ2n) is 4.62. The van der Waals surface area contributed by atoms with Crippen LogP contribution in [0.1, 0.15) is 38.1 Å². The third-order valence-electron chi connectivity index (χ3n) is 3.39. The lowest BCUT2D eigenvalue weighted by atomic mass is 10.0. The molecule has 0 aliphatic carbocycles. The number of aryl methyl sites for hydroxylation is 1. The van der Waals surface area contributed by atoms with E-state index in [9.17, 15) is 5.11 Å². The van der Waals surface area contributed by atoms with Gasteiger partial charge in [0.05, 0.1) is 12.1 Å². The molecule has 2 rings (SSSR count). The number of hydrogen-bond acceptors (Lipinski definition) is 5. The van der Waals surface area contributed by atoms with Crippen LogP contribution in [0.4, 0.5) is 0 Å². The Labute approximate surface area is 95.5 Å². The molecule has 0 aromatic carbocycles. The van der Waals surface area contributed by atoms with Crippen molar-refractivity contribution < 1.29 is 9.52 Å². The molecular weight excluding hydrogens is 206 g/mol. The fraction of sp³-hybridized carbons (Fsp3) is 0.818. The number of aromatic nitrogens is 2. The summed E-state index contributed by atoms with van der Waals surface area (Å²) in [5.41, 5.74) is 0. The van der Waals surface area contributed by atoms with E-state index in [1.807, 2.05) is 6.92 Å². The Balaban J connectivity index is 1.99. The van der Waals surface area contributed by atoms with Gasteiger partial charge in [0, 0.05) is 13.5 Å². The number of nitrogens with zero attached hydrogens (tertiary/aromatic N) is 3. The third-order valence-corrected chi connectivity index (χ3v) is 3.39. The smallest absolute Gasteiger partial charge is 0.233 e. The van der Waals surface area contributed by atoms with Crippen LogP contribution in [0.5, 0.6) is 0 Å². The van der Waals surface area contributed by atoms with Crippen molar-refractivity contribution in [2.24, 2.45) is 5.92 Å². The quantitative estimate of drug-likeness (QED) is 0.835. The molecule has 5 nitrogen and oxygen atoms in total. The highest BCUT2D eigenvalue weighted by atomic mass is 16.4. The first-order valence-corrected chi connectivity index (χ1v) is 5.80. The van der Waals surface area contributed by atoms with Gasteiger partial charge in [0.1, 0.15) is 0 Å². The van der Waals surface area contributed by atoms with Gasteiger partial charge in [-0.3, -0.25) is 4.90 Å². The van der Waals surface area contributed by atoms with E-state index in [1.54, 1.807) is 6.92 Å². The highest BCUT2D eigenvalue weighted by Gasteiger charge is 2.31. The first kappa shape index (κ1) is 11.5. The first-order valence-electron chi connectivity index (χ1n) is 5.80. The Bertz CT molecular complexity index is 351. The molecule has 16 heavy (non-hydrogen) atoms. The van der Waals surface area contributed by atoms with Crippen molar-refractivity contribution >= 4 is 0 Å². The number of rotatable bonds is 3. The molecule has 90 valence electrons. The van der Waals surface area contributed by atoms with Gasteiger partial charge in [-0.25, -0.2) is 0 Å². The van der Waals surface area contributed by atoms with Gasteiger partial charge < -0.3 is 9.52 Å². The van der Waals surface area contributed by atoms with Crippen LogP contribution in [0, 0.1) is 12.8 Å². The first-order chi connectivity index (χ1) is 7.58. The van der Waals surface area contributed by atoms with Gasteiger partial charge in [-0.1, -0.05) is 0 Å². The van der Waals surface area contributed by atoms with Crippen LogP contribution in [-0.4, -0.2) is 39.4 Å². The van der Waals surface area contributed by atoms with Crippen LogP contribution in [-0.2, 0) is 0 Å². The van der Waals surface area contributed by atoms with Crippen molar-refractivity contribution in [1.29, 1.82) is 0 Å². The normalized spacial score (nSPS) is 25.9. The van der Waals surface area contributed by atoms with Crippen LogP contribution >= 0.6 is 0 Å². The molecule has 0 spiro atoms. The Kier molecular flexibility index (Phi) is 3.25. The maximum absolute atomic E-state index is 9.55. The standard InChI is InChI=1S/C11H19N3O2/c1-7(11-13-12-9(3)16-11)14-5-4-10(6-14)8(2)15/h7-8,10,15H,4-6H2,1-3H3. The lowest BCUT2D eigenvalue weighted by Crippen LogP contribution is -2.27. The number of aliphatic hydroxyl groups is 1. The van der Waals surface area contributed by atoms with Crippen LogP contribution < -0.4 is 0 Å². The molecule has 5 heteroatoms. The third kappa shape index (κ3) is 2.25. The average Bonchev–Trinajstić information content (AvgIpc) is 2.84. The second kappa shape index (κ2) is 4.51. The second-order valence-corrected chi connectivity index (χ2v) is 4.62. The molecule has 0 bridgehead atoms. The molecule has 1 aliphatic heterocycles. The molecule has 1 saturated heterocycles. The Morgan fingerprint density at radius 3 is 2.69 bits per heavy atom. The van der Waals surface area contributed by atoms with Crippen LogP contribution in [0.15, 0.2) is 4.42 Å². The monoisotopic (exact) mass is 225 g/mol. The highest BCUT2D eigenvalue weighted by molar-refractivity contribution is 4.91. The summed E-state index contributed by atoms with van der Waals surface area (Å²) >= 11 is 0. The van der Waals surface area contributed by atoms with Crippen molar-refractivity contribution in [2.45, 2.75) is 39.3 Å². The lowest BCUT2D eigenvalue weighted by molar-refractivity contribution is 0.120. The largest absolute Gasteiger partial charge is 0.424 e. The van der Waals surface area contributed by atoms with Gasteiger partial charge in [0.2, 0.25) is 11.8 Å².